The summed E-state index contributed by atoms with van der Waals surface area (Å²) >= 11 is 0. The first kappa shape index (κ1) is 25.9. The maximum absolute atomic E-state index is 13.5. The first-order chi connectivity index (χ1) is 11.5. The Hall–Kier alpha value is -1.10. The molecule has 0 fully saturated rings. The molecule has 0 saturated carbocycles. The molecule has 0 aliphatic carbocycles. The van der Waals surface area contributed by atoms with Crippen LogP contribution in [0.1, 0.15) is 6.92 Å². The van der Waals surface area contributed by atoms with Gasteiger partial charge in [-0.25, -0.2) is 22.6 Å². The number of alkyl halides is 14. The van der Waals surface area contributed by atoms with Gasteiger partial charge in [0.05, 0.1) is 0 Å². The molecule has 1 N–H and O–H groups in total. The average molecular weight is 442 g/mol. The van der Waals surface area contributed by atoms with Crippen molar-refractivity contribution in [1.29, 1.82) is 0 Å². The summed E-state index contributed by atoms with van der Waals surface area (Å²) < 4.78 is 184. The van der Waals surface area contributed by atoms with Gasteiger partial charge in [0.1, 0.15) is 13.3 Å². The van der Waals surface area contributed by atoms with Crippen molar-refractivity contribution < 1.29 is 76.0 Å². The van der Waals surface area contributed by atoms with Crippen LogP contribution in [0.3, 0.4) is 0 Å². The maximum atomic E-state index is 13.5. The highest BCUT2D eigenvalue weighted by molar-refractivity contribution is 5.02. The van der Waals surface area contributed by atoms with Crippen LogP contribution in [0.2, 0.25) is 0 Å². The second kappa shape index (κ2) is 7.06. The van der Waals surface area contributed by atoms with Crippen molar-refractivity contribution in [1.82, 2.24) is 0 Å². The zero-order valence-electron chi connectivity index (χ0n) is 12.5. The third kappa shape index (κ3) is 4.67. The van der Waals surface area contributed by atoms with Gasteiger partial charge >= 0.3 is 30.6 Å². The molecule has 0 spiro atoms. The van der Waals surface area contributed by atoms with Gasteiger partial charge in [0, 0.05) is 6.92 Å². The monoisotopic (exact) mass is 442 g/mol. The SMILES string of the molecule is CC(F)(F)C(CF)(C(F)(F)F)C(F)(F)OC(F)(F)C(F)(F)OC(F)(F)CO. The lowest BCUT2D eigenvalue weighted by molar-refractivity contribution is -0.542. The van der Waals surface area contributed by atoms with Gasteiger partial charge in [-0.1, -0.05) is 0 Å². The zero-order chi connectivity index (χ0) is 22.3. The van der Waals surface area contributed by atoms with Gasteiger partial charge in [-0.2, -0.15) is 48.3 Å². The average Bonchev–Trinajstić information content (AvgIpc) is 2.32. The summed E-state index contributed by atoms with van der Waals surface area (Å²) in [7, 11) is 0. The van der Waals surface area contributed by atoms with E-state index in [1.54, 1.807) is 4.74 Å². The summed E-state index contributed by atoms with van der Waals surface area (Å²) in [5.41, 5.74) is -6.40. The molecule has 0 aliphatic rings. The molecule has 0 heterocycles. The quantitative estimate of drug-likeness (QED) is 0.533. The normalized spacial score (nSPS) is 17.8. The second-order valence-corrected chi connectivity index (χ2v) is 4.97. The van der Waals surface area contributed by atoms with Crippen molar-refractivity contribution in [3.63, 3.8) is 0 Å². The van der Waals surface area contributed by atoms with Gasteiger partial charge in [0.25, 0.3) is 5.92 Å². The van der Waals surface area contributed by atoms with Crippen molar-refractivity contribution in [3.05, 3.63) is 0 Å². The summed E-state index contributed by atoms with van der Waals surface area (Å²) in [4.78, 5) is 0. The third-order valence-electron chi connectivity index (χ3n) is 2.99. The summed E-state index contributed by atoms with van der Waals surface area (Å²) in [5.74, 6) is -5.93. The molecule has 164 valence electrons. The van der Waals surface area contributed by atoms with E-state index in [0.717, 1.165) is 0 Å². The standard InChI is InChI=1S/C10H8F14O3/c1-4(12,13)5(2-11,7(16,17)18)8(19,20)27-10(23,24)9(21,22)26-6(14,15)3-25/h25H,2-3H2,1H3. The molecule has 0 amide bonds. The van der Waals surface area contributed by atoms with Crippen LogP contribution < -0.4 is 0 Å². The topological polar surface area (TPSA) is 38.7 Å². The first-order valence-electron chi connectivity index (χ1n) is 6.06. The van der Waals surface area contributed by atoms with Gasteiger partial charge < -0.3 is 5.11 Å². The van der Waals surface area contributed by atoms with Crippen molar-refractivity contribution in [2.45, 2.75) is 43.5 Å². The fraction of sp³-hybridized carbons (Fsp3) is 1.00. The molecule has 0 aliphatic heterocycles. The Balaban J connectivity index is 6.21. The highest BCUT2D eigenvalue weighted by Gasteiger charge is 2.83. The van der Waals surface area contributed by atoms with E-state index < -0.39 is 62.2 Å². The molecular weight excluding hydrogens is 434 g/mol. The van der Waals surface area contributed by atoms with Crippen molar-refractivity contribution in [2.24, 2.45) is 5.41 Å². The Morgan fingerprint density at radius 2 is 1.04 bits per heavy atom. The van der Waals surface area contributed by atoms with Crippen LogP contribution in [0.4, 0.5) is 61.5 Å². The molecule has 27 heavy (non-hydrogen) atoms. The molecule has 1 atom stereocenters. The predicted molar refractivity (Wildman–Crippen MR) is 54.1 cm³/mol. The van der Waals surface area contributed by atoms with Crippen molar-refractivity contribution in [3.8, 4) is 0 Å². The lowest BCUT2D eigenvalue weighted by Crippen LogP contribution is -2.66. The fourth-order valence-electron chi connectivity index (χ4n) is 1.53. The minimum Gasteiger partial charge on any atom is -0.387 e. The number of aliphatic hydroxyl groups is 1. The van der Waals surface area contributed by atoms with Crippen LogP contribution >= 0.6 is 0 Å². The molecule has 17 heteroatoms. The summed E-state index contributed by atoms with van der Waals surface area (Å²) in [6.07, 6.45) is -33.7. The van der Waals surface area contributed by atoms with E-state index in [9.17, 15) is 61.5 Å². The van der Waals surface area contributed by atoms with E-state index in [4.69, 9.17) is 5.11 Å². The van der Waals surface area contributed by atoms with E-state index in [1.807, 2.05) is 4.74 Å². The minimum atomic E-state index is -7.12. The van der Waals surface area contributed by atoms with Crippen LogP contribution in [-0.4, -0.2) is 54.9 Å². The molecule has 0 aromatic heterocycles. The maximum Gasteiger partial charge on any atom is 0.453 e. The smallest absolute Gasteiger partial charge is 0.387 e. The Kier molecular flexibility index (Phi) is 6.77. The Morgan fingerprint density at radius 1 is 0.667 bits per heavy atom. The van der Waals surface area contributed by atoms with Crippen LogP contribution in [0.25, 0.3) is 0 Å². The van der Waals surface area contributed by atoms with Crippen LogP contribution in [-0.2, 0) is 9.47 Å². The molecule has 0 bridgehead atoms. The zero-order valence-corrected chi connectivity index (χ0v) is 12.5. The van der Waals surface area contributed by atoms with E-state index in [-0.39, 0.29) is 0 Å². The number of halogens is 14. The minimum absolute atomic E-state index is 0.996. The van der Waals surface area contributed by atoms with Crippen LogP contribution in [0.15, 0.2) is 0 Å². The van der Waals surface area contributed by atoms with Gasteiger partial charge in [0.15, 0.2) is 0 Å². The van der Waals surface area contributed by atoms with Crippen molar-refractivity contribution >= 4 is 0 Å². The molecule has 0 aromatic rings. The lowest BCUT2D eigenvalue weighted by Gasteiger charge is -2.43. The van der Waals surface area contributed by atoms with Crippen molar-refractivity contribution in [2.75, 3.05) is 13.3 Å². The van der Waals surface area contributed by atoms with Gasteiger partial charge in [-0.15, -0.1) is 0 Å². The molecule has 0 saturated heterocycles. The Labute approximate surface area is 139 Å². The third-order valence-corrected chi connectivity index (χ3v) is 2.99. The van der Waals surface area contributed by atoms with E-state index in [2.05, 4.69) is 0 Å². The predicted octanol–water partition coefficient (Wildman–Crippen LogP) is 4.56. The fourth-order valence-corrected chi connectivity index (χ4v) is 1.53. The Bertz CT molecular complexity index is 494. The number of ether oxygens (including phenoxy) is 2. The van der Waals surface area contributed by atoms with Gasteiger partial charge in [0.2, 0.25) is 5.41 Å². The van der Waals surface area contributed by atoms with Crippen LogP contribution in [0.5, 0.6) is 0 Å². The molecule has 0 rings (SSSR count). The number of aliphatic hydroxyl groups excluding tert-OH is 1. The second-order valence-electron chi connectivity index (χ2n) is 4.97. The highest BCUT2D eigenvalue weighted by atomic mass is 19.4. The van der Waals surface area contributed by atoms with E-state index in [0.29, 0.717) is 0 Å². The van der Waals surface area contributed by atoms with E-state index >= 15 is 0 Å². The van der Waals surface area contributed by atoms with Crippen LogP contribution in [0, 0.1) is 5.41 Å². The van der Waals surface area contributed by atoms with Gasteiger partial charge in [-0.05, 0) is 0 Å². The summed E-state index contributed by atoms with van der Waals surface area (Å²) in [6, 6.07) is 0. The van der Waals surface area contributed by atoms with Gasteiger partial charge in [-0.3, -0.25) is 0 Å². The lowest BCUT2D eigenvalue weighted by atomic mass is 9.80. The highest BCUT2D eigenvalue weighted by Crippen LogP contribution is 2.60. The largest absolute Gasteiger partial charge is 0.453 e. The number of rotatable bonds is 9. The number of hydrogen-bond donors (Lipinski definition) is 1. The molecule has 0 radical (unpaired) electrons. The summed E-state index contributed by atoms with van der Waals surface area (Å²) in [6.45, 7) is -7.55. The molecule has 1 unspecified atom stereocenters. The number of hydrogen-bond acceptors (Lipinski definition) is 3. The van der Waals surface area contributed by atoms with E-state index in [1.165, 1.54) is 0 Å². The Morgan fingerprint density at radius 3 is 1.30 bits per heavy atom. The molecular formula is C10H8F14O3. The molecule has 3 nitrogen and oxygen atoms in total. The molecule has 0 aromatic carbocycles. The summed E-state index contributed by atoms with van der Waals surface area (Å²) in [5, 5.41) is 7.90. The first-order valence-corrected chi connectivity index (χ1v) is 6.06.